The predicted octanol–water partition coefficient (Wildman–Crippen LogP) is 2.98. The minimum atomic E-state index is 0.228. The first-order valence-electron chi connectivity index (χ1n) is 8.28. The molecule has 1 saturated heterocycles. The second-order valence-electron chi connectivity index (χ2n) is 5.96. The van der Waals surface area contributed by atoms with Crippen LogP contribution in [0.5, 0.6) is 5.75 Å². The summed E-state index contributed by atoms with van der Waals surface area (Å²) in [6, 6.07) is 14.2. The molecule has 0 radical (unpaired) electrons. The van der Waals surface area contributed by atoms with Gasteiger partial charge < -0.3 is 15.4 Å². The number of nitrogens with one attached hydrogen (secondary N) is 2. The maximum atomic E-state index is 6.08. The molecule has 1 fully saturated rings. The third-order valence-corrected chi connectivity index (χ3v) is 4.24. The third kappa shape index (κ3) is 3.31. The lowest BCUT2D eigenvalue weighted by Gasteiger charge is -2.16. The minimum Gasteiger partial charge on any atom is -0.487 e. The molecule has 24 heavy (non-hydrogen) atoms. The van der Waals surface area contributed by atoms with Crippen molar-refractivity contribution in [1.29, 1.82) is 0 Å². The van der Waals surface area contributed by atoms with Gasteiger partial charge in [-0.2, -0.15) is 0 Å². The molecular formula is C19H20N4O. The quantitative estimate of drug-likeness (QED) is 0.757. The average Bonchev–Trinajstić information content (AvgIpc) is 3.14. The highest BCUT2D eigenvalue weighted by Gasteiger charge is 2.17. The van der Waals surface area contributed by atoms with Gasteiger partial charge in [0.25, 0.3) is 0 Å². The van der Waals surface area contributed by atoms with Crippen LogP contribution in [0.4, 0.5) is 5.82 Å². The van der Waals surface area contributed by atoms with Gasteiger partial charge in [-0.1, -0.05) is 18.2 Å². The fourth-order valence-corrected chi connectivity index (χ4v) is 2.92. The number of hydrogen-bond donors (Lipinski definition) is 2. The second-order valence-corrected chi connectivity index (χ2v) is 5.96. The van der Waals surface area contributed by atoms with Gasteiger partial charge in [-0.15, -0.1) is 0 Å². The standard InChI is InChI=1S/C19H20N4O/c1-2-4-17-14(3-1)5-6-19(23-17)22-11-15-7-9-21-13-18(15)24-16-8-10-20-12-16/h1-7,9,13,16,20H,8,10-12H2,(H,22,23)/t16-/m0/s1. The van der Waals surface area contributed by atoms with Crippen LogP contribution in [0.1, 0.15) is 12.0 Å². The van der Waals surface area contributed by atoms with Crippen molar-refractivity contribution in [2.75, 3.05) is 18.4 Å². The van der Waals surface area contributed by atoms with E-state index in [0.717, 1.165) is 47.5 Å². The van der Waals surface area contributed by atoms with Gasteiger partial charge in [0.15, 0.2) is 0 Å². The second kappa shape index (κ2) is 6.84. The first-order valence-corrected chi connectivity index (χ1v) is 8.28. The van der Waals surface area contributed by atoms with Crippen molar-refractivity contribution in [3.63, 3.8) is 0 Å². The monoisotopic (exact) mass is 320 g/mol. The summed E-state index contributed by atoms with van der Waals surface area (Å²) < 4.78 is 6.08. The van der Waals surface area contributed by atoms with E-state index in [1.807, 2.05) is 30.3 Å². The number of anilines is 1. The van der Waals surface area contributed by atoms with Crippen molar-refractivity contribution in [3.8, 4) is 5.75 Å². The molecule has 1 aromatic carbocycles. The molecule has 1 aliphatic heterocycles. The zero-order valence-corrected chi connectivity index (χ0v) is 13.4. The van der Waals surface area contributed by atoms with Crippen molar-refractivity contribution in [2.24, 2.45) is 0 Å². The normalized spacial score (nSPS) is 17.1. The van der Waals surface area contributed by atoms with Gasteiger partial charge in [0.05, 0.1) is 11.7 Å². The summed E-state index contributed by atoms with van der Waals surface area (Å²) in [5, 5.41) is 7.84. The van der Waals surface area contributed by atoms with Crippen LogP contribution in [0, 0.1) is 0 Å². The zero-order chi connectivity index (χ0) is 16.2. The number of aromatic nitrogens is 2. The number of rotatable bonds is 5. The summed E-state index contributed by atoms with van der Waals surface area (Å²) in [5.41, 5.74) is 2.08. The molecule has 0 bridgehead atoms. The highest BCUT2D eigenvalue weighted by atomic mass is 16.5. The fourth-order valence-electron chi connectivity index (χ4n) is 2.92. The van der Waals surface area contributed by atoms with Crippen LogP contribution >= 0.6 is 0 Å². The van der Waals surface area contributed by atoms with Crippen molar-refractivity contribution in [3.05, 3.63) is 60.4 Å². The number of para-hydroxylation sites is 1. The van der Waals surface area contributed by atoms with Crippen LogP contribution < -0.4 is 15.4 Å². The Balaban J connectivity index is 1.48. The van der Waals surface area contributed by atoms with E-state index < -0.39 is 0 Å². The molecule has 1 aliphatic rings. The summed E-state index contributed by atoms with van der Waals surface area (Å²) in [5.74, 6) is 1.71. The Hall–Kier alpha value is -2.66. The molecule has 0 saturated carbocycles. The van der Waals surface area contributed by atoms with Crippen LogP contribution in [0.2, 0.25) is 0 Å². The van der Waals surface area contributed by atoms with E-state index >= 15 is 0 Å². The first kappa shape index (κ1) is 14.9. The van der Waals surface area contributed by atoms with Crippen molar-refractivity contribution in [1.82, 2.24) is 15.3 Å². The minimum absolute atomic E-state index is 0.228. The number of nitrogens with zero attached hydrogens (tertiary/aromatic N) is 2. The Morgan fingerprint density at radius 2 is 2.12 bits per heavy atom. The van der Waals surface area contributed by atoms with Gasteiger partial charge in [-0.3, -0.25) is 4.98 Å². The van der Waals surface area contributed by atoms with Crippen LogP contribution in [-0.4, -0.2) is 29.2 Å². The number of hydrogen-bond acceptors (Lipinski definition) is 5. The fraction of sp³-hybridized carbons (Fsp3) is 0.263. The molecule has 0 aliphatic carbocycles. The van der Waals surface area contributed by atoms with Crippen LogP contribution in [0.25, 0.3) is 10.9 Å². The Morgan fingerprint density at radius 3 is 3.04 bits per heavy atom. The maximum Gasteiger partial charge on any atom is 0.143 e. The number of pyridine rings is 2. The molecule has 5 heteroatoms. The summed E-state index contributed by atoms with van der Waals surface area (Å²) in [6.45, 7) is 2.57. The Morgan fingerprint density at radius 1 is 1.17 bits per heavy atom. The SMILES string of the molecule is c1ccc2nc(NCc3ccncc3O[C@H]3CCNC3)ccc2c1. The highest BCUT2D eigenvalue weighted by molar-refractivity contribution is 5.80. The van der Waals surface area contributed by atoms with Crippen LogP contribution in [-0.2, 0) is 6.54 Å². The van der Waals surface area contributed by atoms with Crippen LogP contribution in [0.3, 0.4) is 0 Å². The van der Waals surface area contributed by atoms with Gasteiger partial charge >= 0.3 is 0 Å². The molecule has 0 amide bonds. The largest absolute Gasteiger partial charge is 0.487 e. The Labute approximate surface area is 141 Å². The van der Waals surface area contributed by atoms with Crippen LogP contribution in [0.15, 0.2) is 54.9 Å². The average molecular weight is 320 g/mol. The van der Waals surface area contributed by atoms with E-state index in [1.54, 1.807) is 12.4 Å². The molecule has 3 aromatic rings. The number of fused-ring (bicyclic) bond motifs is 1. The number of ether oxygens (including phenoxy) is 1. The molecule has 1 atom stereocenters. The molecule has 4 rings (SSSR count). The molecular weight excluding hydrogens is 300 g/mol. The Bertz CT molecular complexity index is 830. The lowest BCUT2D eigenvalue weighted by molar-refractivity contribution is 0.220. The van der Waals surface area contributed by atoms with E-state index in [0.29, 0.717) is 6.54 Å². The lowest BCUT2D eigenvalue weighted by Crippen LogP contribution is -2.20. The molecule has 2 N–H and O–H groups in total. The summed E-state index contributed by atoms with van der Waals surface area (Å²) >= 11 is 0. The molecule has 0 unspecified atom stereocenters. The summed E-state index contributed by atoms with van der Waals surface area (Å²) in [7, 11) is 0. The Kier molecular flexibility index (Phi) is 4.25. The zero-order valence-electron chi connectivity index (χ0n) is 13.4. The number of benzene rings is 1. The summed E-state index contributed by atoms with van der Waals surface area (Å²) in [6.07, 6.45) is 4.86. The van der Waals surface area contributed by atoms with Gasteiger partial charge in [0.1, 0.15) is 17.7 Å². The molecule has 0 spiro atoms. The molecule has 122 valence electrons. The van der Waals surface area contributed by atoms with Gasteiger partial charge in [-0.25, -0.2) is 4.98 Å². The highest BCUT2D eigenvalue weighted by Crippen LogP contribution is 2.21. The van der Waals surface area contributed by atoms with Crippen molar-refractivity contribution in [2.45, 2.75) is 19.1 Å². The smallest absolute Gasteiger partial charge is 0.143 e. The predicted molar refractivity (Wildman–Crippen MR) is 95.2 cm³/mol. The topological polar surface area (TPSA) is 59.1 Å². The van der Waals surface area contributed by atoms with Gasteiger partial charge in [0, 0.05) is 30.2 Å². The van der Waals surface area contributed by atoms with E-state index in [4.69, 9.17) is 4.74 Å². The van der Waals surface area contributed by atoms with Crippen molar-refractivity contribution >= 4 is 16.7 Å². The molecule has 2 aromatic heterocycles. The van der Waals surface area contributed by atoms with Crippen molar-refractivity contribution < 1.29 is 4.74 Å². The molecule has 3 heterocycles. The lowest BCUT2D eigenvalue weighted by atomic mass is 10.2. The van der Waals surface area contributed by atoms with Gasteiger partial charge in [0.2, 0.25) is 0 Å². The van der Waals surface area contributed by atoms with E-state index in [-0.39, 0.29) is 6.10 Å². The maximum absolute atomic E-state index is 6.08. The van der Waals surface area contributed by atoms with Gasteiger partial charge in [-0.05, 0) is 37.2 Å². The third-order valence-electron chi connectivity index (χ3n) is 4.24. The van der Waals surface area contributed by atoms with E-state index in [2.05, 4.69) is 32.7 Å². The van der Waals surface area contributed by atoms with E-state index in [1.165, 1.54) is 0 Å². The first-order chi connectivity index (χ1) is 11.9. The summed E-state index contributed by atoms with van der Waals surface area (Å²) in [4.78, 5) is 8.84. The molecule has 5 nitrogen and oxygen atoms in total. The van der Waals surface area contributed by atoms with E-state index in [9.17, 15) is 0 Å².